The van der Waals surface area contributed by atoms with Crippen molar-refractivity contribution in [2.24, 2.45) is 21.7 Å². The summed E-state index contributed by atoms with van der Waals surface area (Å²) in [6, 6.07) is 11.0. The molecule has 3 aliphatic heterocycles. The number of carbonyl (C=O) groups is 2. The SMILES string of the molecule is CC1CCC(C2=C3C=NC=C[N+]3(N)C(c3ccc(C(=O)Nc4cc(C5CC5)ccn4)cc3)=N2)CN1C(=O)[O-]. The number of allylic oxidation sites excluding steroid dienone is 1. The van der Waals surface area contributed by atoms with Crippen LogP contribution in [-0.4, -0.2) is 51.1 Å². The monoisotopic (exact) mass is 511 g/mol. The van der Waals surface area contributed by atoms with Crippen LogP contribution in [0.1, 0.15) is 60.0 Å². The van der Waals surface area contributed by atoms with E-state index in [0.29, 0.717) is 41.8 Å². The predicted octanol–water partition coefficient (Wildman–Crippen LogP) is 2.87. The van der Waals surface area contributed by atoms with E-state index in [2.05, 4.69) is 15.3 Å². The number of nitrogens with zero attached hydrogens (tertiary/aromatic N) is 5. The number of likely N-dealkylation sites (tertiary alicyclic amines) is 1. The highest BCUT2D eigenvalue weighted by molar-refractivity contribution is 6.05. The number of aromatic nitrogens is 1. The van der Waals surface area contributed by atoms with Crippen LogP contribution in [0.3, 0.4) is 0 Å². The zero-order valence-electron chi connectivity index (χ0n) is 21.1. The van der Waals surface area contributed by atoms with E-state index in [-0.39, 0.29) is 22.5 Å². The summed E-state index contributed by atoms with van der Waals surface area (Å²) in [5.41, 5.74) is 3.89. The van der Waals surface area contributed by atoms with Gasteiger partial charge in [-0.3, -0.25) is 9.79 Å². The van der Waals surface area contributed by atoms with Crippen molar-refractivity contribution in [1.82, 2.24) is 9.88 Å². The molecule has 1 saturated heterocycles. The number of quaternary nitrogens is 1. The predicted molar refractivity (Wildman–Crippen MR) is 141 cm³/mol. The van der Waals surface area contributed by atoms with Crippen LogP contribution in [0.5, 0.6) is 0 Å². The fraction of sp³-hybridized carbons (Fsp3) is 0.321. The lowest BCUT2D eigenvalue weighted by Gasteiger charge is -2.39. The molecular weight excluding hydrogens is 482 g/mol. The Morgan fingerprint density at radius 2 is 1.87 bits per heavy atom. The number of anilines is 1. The quantitative estimate of drug-likeness (QED) is 0.470. The zero-order valence-corrected chi connectivity index (χ0v) is 21.1. The van der Waals surface area contributed by atoms with Crippen molar-refractivity contribution >= 4 is 29.9 Å². The van der Waals surface area contributed by atoms with Gasteiger partial charge in [-0.05, 0) is 80.5 Å². The van der Waals surface area contributed by atoms with Crippen molar-refractivity contribution in [3.05, 3.63) is 83.1 Å². The third-order valence-electron chi connectivity index (χ3n) is 7.81. The molecule has 38 heavy (non-hydrogen) atoms. The van der Waals surface area contributed by atoms with Gasteiger partial charge in [0.05, 0.1) is 18.0 Å². The van der Waals surface area contributed by atoms with E-state index in [0.717, 1.165) is 17.7 Å². The summed E-state index contributed by atoms with van der Waals surface area (Å²) < 4.78 is -0.167. The van der Waals surface area contributed by atoms with Crippen LogP contribution >= 0.6 is 0 Å². The van der Waals surface area contributed by atoms with Gasteiger partial charge in [0.1, 0.15) is 23.8 Å². The average Bonchev–Trinajstić information content (AvgIpc) is 3.72. The summed E-state index contributed by atoms with van der Waals surface area (Å²) in [5, 5.41) is 14.6. The van der Waals surface area contributed by atoms with Crippen molar-refractivity contribution in [3.8, 4) is 0 Å². The molecule has 3 unspecified atom stereocenters. The Kier molecular flexibility index (Phi) is 5.93. The van der Waals surface area contributed by atoms with Gasteiger partial charge >= 0.3 is 0 Å². The number of piperidine rings is 1. The standard InChI is InChI=1S/C28H29N7O3/c1-17-2-3-22(16-34(17)28(37)38)25-23-15-30-12-13-35(23,29)26(33-25)19-6-8-20(9-7-19)27(36)32-24-14-21(10-11-31-24)18-4-5-18/h6-15,17-18,22H,2-5,16,29H2,1H3,(H-,31,32,36,37,38). The maximum atomic E-state index is 12.9. The largest absolute Gasteiger partial charge is 0.530 e. The highest BCUT2D eigenvalue weighted by Gasteiger charge is 2.46. The van der Waals surface area contributed by atoms with E-state index in [1.807, 2.05) is 31.2 Å². The summed E-state index contributed by atoms with van der Waals surface area (Å²) >= 11 is 0. The number of amidine groups is 1. The molecule has 6 rings (SSSR count). The van der Waals surface area contributed by atoms with Crippen LogP contribution in [-0.2, 0) is 0 Å². The molecule has 4 aliphatic rings. The van der Waals surface area contributed by atoms with Gasteiger partial charge in [-0.1, -0.05) is 0 Å². The van der Waals surface area contributed by atoms with E-state index in [1.165, 1.54) is 23.3 Å². The van der Waals surface area contributed by atoms with E-state index in [4.69, 9.17) is 10.8 Å². The van der Waals surface area contributed by atoms with Crippen molar-refractivity contribution < 1.29 is 19.3 Å². The second kappa shape index (κ2) is 9.30. The summed E-state index contributed by atoms with van der Waals surface area (Å²) in [5.74, 6) is 8.17. The summed E-state index contributed by atoms with van der Waals surface area (Å²) in [6.07, 6.45) is 9.47. The smallest absolute Gasteiger partial charge is 0.264 e. The second-order valence-electron chi connectivity index (χ2n) is 10.4. The van der Waals surface area contributed by atoms with Crippen molar-refractivity contribution in [1.29, 1.82) is 0 Å². The number of hydrogen-bond donors (Lipinski definition) is 2. The maximum absolute atomic E-state index is 12.9. The van der Waals surface area contributed by atoms with Gasteiger partial charge < -0.3 is 20.1 Å². The number of carbonyl (C=O) groups excluding carboxylic acids is 2. The first kappa shape index (κ1) is 24.2. The number of amides is 2. The Morgan fingerprint density at radius 1 is 1.11 bits per heavy atom. The van der Waals surface area contributed by atoms with E-state index in [9.17, 15) is 14.7 Å². The molecule has 0 radical (unpaired) electrons. The van der Waals surface area contributed by atoms with Crippen LogP contribution in [0.25, 0.3) is 0 Å². The number of pyridine rings is 1. The topological polar surface area (TPSA) is 136 Å². The Balaban J connectivity index is 1.24. The molecule has 10 heteroatoms. The minimum Gasteiger partial charge on any atom is -0.530 e. The number of fused-ring (bicyclic) bond motifs is 1. The fourth-order valence-corrected chi connectivity index (χ4v) is 5.44. The molecule has 1 aliphatic carbocycles. The molecule has 3 atom stereocenters. The third kappa shape index (κ3) is 4.31. The van der Waals surface area contributed by atoms with Gasteiger partial charge in [-0.2, -0.15) is 10.8 Å². The highest BCUT2D eigenvalue weighted by atomic mass is 16.4. The van der Waals surface area contributed by atoms with Gasteiger partial charge in [0, 0.05) is 30.3 Å². The molecule has 0 spiro atoms. The van der Waals surface area contributed by atoms with Crippen LogP contribution in [0.2, 0.25) is 0 Å². The van der Waals surface area contributed by atoms with E-state index in [1.54, 1.807) is 36.9 Å². The summed E-state index contributed by atoms with van der Waals surface area (Å²) in [7, 11) is 0. The number of rotatable bonds is 5. The van der Waals surface area contributed by atoms with Crippen LogP contribution in [0, 0.1) is 5.92 Å². The maximum Gasteiger partial charge on any atom is 0.264 e. The van der Waals surface area contributed by atoms with Crippen molar-refractivity contribution in [2.45, 2.75) is 44.6 Å². The third-order valence-corrected chi connectivity index (χ3v) is 7.81. The lowest BCUT2D eigenvalue weighted by Crippen LogP contribution is -2.53. The van der Waals surface area contributed by atoms with Crippen molar-refractivity contribution in [3.63, 3.8) is 0 Å². The molecule has 1 aromatic carbocycles. The van der Waals surface area contributed by atoms with Crippen LogP contribution < -0.4 is 16.3 Å². The number of benzene rings is 1. The summed E-state index contributed by atoms with van der Waals surface area (Å²) in [4.78, 5) is 39.4. The zero-order chi connectivity index (χ0) is 26.4. The van der Waals surface area contributed by atoms with Gasteiger partial charge in [-0.25, -0.2) is 4.98 Å². The Labute approximate surface area is 220 Å². The molecule has 194 valence electrons. The minimum atomic E-state index is -1.18. The molecule has 3 N–H and O–H groups in total. The minimum absolute atomic E-state index is 0.103. The van der Waals surface area contributed by atoms with Gasteiger partial charge in [0.25, 0.3) is 11.7 Å². The van der Waals surface area contributed by atoms with Crippen LogP contribution in [0.4, 0.5) is 10.6 Å². The highest BCUT2D eigenvalue weighted by Crippen LogP contribution is 2.40. The molecule has 2 fully saturated rings. The Morgan fingerprint density at radius 3 is 2.61 bits per heavy atom. The number of aliphatic imine (C=N–C) groups is 2. The first-order valence-corrected chi connectivity index (χ1v) is 12.9. The lowest BCUT2D eigenvalue weighted by atomic mass is 9.90. The molecular formula is C28H29N7O3. The normalized spacial score (nSPS) is 26.3. The molecule has 2 amide bonds. The first-order valence-electron chi connectivity index (χ1n) is 12.9. The molecule has 0 bridgehead atoms. The number of hydrogen-bond acceptors (Lipinski definition) is 7. The summed E-state index contributed by atoms with van der Waals surface area (Å²) in [6.45, 7) is 2.19. The molecule has 10 nitrogen and oxygen atoms in total. The average molecular weight is 512 g/mol. The van der Waals surface area contributed by atoms with Crippen molar-refractivity contribution in [2.75, 3.05) is 11.9 Å². The molecule has 1 saturated carbocycles. The van der Waals surface area contributed by atoms with E-state index < -0.39 is 6.09 Å². The fourth-order valence-electron chi connectivity index (χ4n) is 5.44. The first-order chi connectivity index (χ1) is 18.3. The second-order valence-corrected chi connectivity index (χ2v) is 10.4. The van der Waals surface area contributed by atoms with Gasteiger partial charge in [0.2, 0.25) is 5.70 Å². The lowest BCUT2D eigenvalue weighted by molar-refractivity contribution is -0.750. The van der Waals surface area contributed by atoms with Crippen LogP contribution in [0.15, 0.2) is 76.4 Å². The molecule has 4 heterocycles. The molecule has 1 aromatic heterocycles. The Hall–Kier alpha value is -4.15. The van der Waals surface area contributed by atoms with Gasteiger partial charge in [0.15, 0.2) is 0 Å². The number of carboxylic acid groups (broad SMARTS) is 1. The molecule has 2 aromatic rings. The van der Waals surface area contributed by atoms with E-state index >= 15 is 0 Å². The van der Waals surface area contributed by atoms with Gasteiger partial charge in [-0.15, -0.1) is 4.59 Å². The number of nitrogens with one attached hydrogen (secondary N) is 1. The number of nitrogens with two attached hydrogens (primary N) is 1. The Bertz CT molecular complexity index is 1420.